The quantitative estimate of drug-likeness (QED) is 0.461. The predicted octanol–water partition coefficient (Wildman–Crippen LogP) is 1.04. The van der Waals surface area contributed by atoms with Crippen LogP contribution in [-0.2, 0) is 9.47 Å². The highest BCUT2D eigenvalue weighted by atomic mass is 19.3. The molecule has 0 aliphatic carbocycles. The zero-order valence-corrected chi connectivity index (χ0v) is 5.55. The minimum atomic E-state index is -2.69. The fourth-order valence-electron chi connectivity index (χ4n) is 0.273. The van der Waals surface area contributed by atoms with E-state index in [-0.39, 0.29) is 6.61 Å². The van der Waals surface area contributed by atoms with Crippen molar-refractivity contribution in [3.63, 3.8) is 0 Å². The van der Waals surface area contributed by atoms with Crippen LogP contribution in [0.15, 0.2) is 0 Å². The molecule has 0 bridgehead atoms. The van der Waals surface area contributed by atoms with Crippen LogP contribution in [0.25, 0.3) is 0 Å². The molecule has 0 N–H and O–H groups in total. The highest BCUT2D eigenvalue weighted by Gasteiger charge is 2.07. The van der Waals surface area contributed by atoms with Crippen LogP contribution in [0.5, 0.6) is 0 Å². The number of terminal acetylenes is 1. The molecular formula is C6H6F2O3. The number of halogens is 2. The second-order valence-corrected chi connectivity index (χ2v) is 1.44. The van der Waals surface area contributed by atoms with E-state index in [1.54, 1.807) is 0 Å². The molecule has 0 saturated heterocycles. The molecule has 3 nitrogen and oxygen atoms in total. The number of rotatable bonds is 3. The first-order valence-electron chi connectivity index (χ1n) is 2.68. The van der Waals surface area contributed by atoms with Crippen molar-refractivity contribution in [2.24, 2.45) is 0 Å². The van der Waals surface area contributed by atoms with Gasteiger partial charge >= 0.3 is 6.16 Å². The van der Waals surface area contributed by atoms with Gasteiger partial charge in [-0.15, -0.1) is 6.42 Å². The van der Waals surface area contributed by atoms with Crippen molar-refractivity contribution < 1.29 is 23.0 Å². The van der Waals surface area contributed by atoms with E-state index in [9.17, 15) is 13.6 Å². The second kappa shape index (κ2) is 5.47. The fourth-order valence-corrected chi connectivity index (χ4v) is 0.273. The Morgan fingerprint density at radius 2 is 2.18 bits per heavy atom. The lowest BCUT2D eigenvalue weighted by molar-refractivity contribution is 0.0119. The van der Waals surface area contributed by atoms with Crippen LogP contribution in [0, 0.1) is 12.3 Å². The van der Waals surface area contributed by atoms with Gasteiger partial charge in [0.1, 0.15) is 0 Å². The van der Waals surface area contributed by atoms with Crippen molar-refractivity contribution in [3.05, 3.63) is 0 Å². The lowest BCUT2D eigenvalue weighted by Gasteiger charge is -2.01. The highest BCUT2D eigenvalue weighted by molar-refractivity contribution is 5.60. The van der Waals surface area contributed by atoms with Gasteiger partial charge in [0, 0.05) is 0 Å². The number of alkyl halides is 2. The van der Waals surface area contributed by atoms with Crippen molar-refractivity contribution in [2.75, 3.05) is 13.2 Å². The Hall–Kier alpha value is -1.31. The summed E-state index contributed by atoms with van der Waals surface area (Å²) in [5.74, 6) is 1.98. The van der Waals surface area contributed by atoms with Crippen LogP contribution >= 0.6 is 0 Å². The summed E-state index contributed by atoms with van der Waals surface area (Å²) in [7, 11) is 0. The predicted molar refractivity (Wildman–Crippen MR) is 32.1 cm³/mol. The first-order chi connectivity index (χ1) is 5.16. The Morgan fingerprint density at radius 1 is 1.55 bits per heavy atom. The van der Waals surface area contributed by atoms with Crippen molar-refractivity contribution in [1.29, 1.82) is 0 Å². The molecule has 0 heterocycles. The first-order valence-corrected chi connectivity index (χ1v) is 2.68. The number of hydrogen-bond acceptors (Lipinski definition) is 3. The first kappa shape index (κ1) is 9.69. The molecule has 5 heteroatoms. The van der Waals surface area contributed by atoms with Crippen molar-refractivity contribution >= 4 is 6.16 Å². The van der Waals surface area contributed by atoms with Gasteiger partial charge in [-0.25, -0.2) is 13.6 Å². The molecule has 0 aromatic rings. The second-order valence-electron chi connectivity index (χ2n) is 1.44. The molecule has 0 aliphatic rings. The zero-order chi connectivity index (χ0) is 8.69. The third-order valence-electron chi connectivity index (χ3n) is 0.601. The average Bonchev–Trinajstić information content (AvgIpc) is 1.97. The summed E-state index contributed by atoms with van der Waals surface area (Å²) in [6, 6.07) is 0. The van der Waals surface area contributed by atoms with E-state index < -0.39 is 19.2 Å². The molecular weight excluding hydrogens is 158 g/mol. The number of hydrogen-bond donors (Lipinski definition) is 0. The fraction of sp³-hybridized carbons (Fsp3) is 0.500. The third-order valence-corrected chi connectivity index (χ3v) is 0.601. The van der Waals surface area contributed by atoms with Gasteiger partial charge in [-0.2, -0.15) is 0 Å². The maximum atomic E-state index is 11.3. The van der Waals surface area contributed by atoms with E-state index in [0.29, 0.717) is 0 Å². The van der Waals surface area contributed by atoms with Crippen molar-refractivity contribution in [1.82, 2.24) is 0 Å². The minimum absolute atomic E-state index is 0.276. The average molecular weight is 164 g/mol. The van der Waals surface area contributed by atoms with Crippen LogP contribution in [0.4, 0.5) is 13.6 Å². The molecule has 0 fully saturated rings. The van der Waals surface area contributed by atoms with Crippen LogP contribution in [0.1, 0.15) is 0 Å². The van der Waals surface area contributed by atoms with E-state index in [1.807, 2.05) is 5.92 Å². The normalized spacial score (nSPS) is 8.91. The SMILES string of the molecule is C#CCOC(=O)OCC(F)F. The Labute approximate surface area is 62.3 Å². The van der Waals surface area contributed by atoms with Crippen molar-refractivity contribution in [2.45, 2.75) is 6.43 Å². The maximum absolute atomic E-state index is 11.3. The summed E-state index contributed by atoms with van der Waals surface area (Å²) in [6.45, 7) is -1.24. The summed E-state index contributed by atoms with van der Waals surface area (Å²) >= 11 is 0. The Morgan fingerprint density at radius 3 is 2.64 bits per heavy atom. The van der Waals surface area contributed by atoms with Crippen molar-refractivity contribution in [3.8, 4) is 12.3 Å². The molecule has 11 heavy (non-hydrogen) atoms. The van der Waals surface area contributed by atoms with Gasteiger partial charge in [0.05, 0.1) is 0 Å². The topological polar surface area (TPSA) is 35.5 Å². The number of ether oxygens (including phenoxy) is 2. The number of carbonyl (C=O) groups excluding carboxylic acids is 1. The minimum Gasteiger partial charge on any atom is -0.428 e. The molecule has 0 unspecified atom stereocenters. The van der Waals surface area contributed by atoms with E-state index in [1.165, 1.54) is 0 Å². The van der Waals surface area contributed by atoms with Gasteiger partial charge in [0.25, 0.3) is 6.43 Å². The summed E-state index contributed by atoms with van der Waals surface area (Å²) in [5.41, 5.74) is 0. The Kier molecular flexibility index (Phi) is 4.82. The maximum Gasteiger partial charge on any atom is 0.509 e. The zero-order valence-electron chi connectivity index (χ0n) is 5.55. The van der Waals surface area contributed by atoms with Gasteiger partial charge in [0.15, 0.2) is 13.2 Å². The molecule has 0 aliphatic heterocycles. The summed E-state index contributed by atoms with van der Waals surface area (Å²) in [4.78, 5) is 10.2. The molecule has 0 atom stereocenters. The summed E-state index contributed by atoms with van der Waals surface area (Å²) in [5, 5.41) is 0. The molecule has 62 valence electrons. The number of carbonyl (C=O) groups is 1. The van der Waals surface area contributed by atoms with Crippen LogP contribution in [0.2, 0.25) is 0 Å². The summed E-state index contributed by atoms with van der Waals surface area (Å²) in [6.07, 6.45) is 0.838. The van der Waals surface area contributed by atoms with Gasteiger partial charge in [-0.1, -0.05) is 5.92 Å². The molecule has 0 saturated carbocycles. The van der Waals surface area contributed by atoms with Gasteiger partial charge < -0.3 is 9.47 Å². The summed E-state index contributed by atoms with van der Waals surface area (Å²) < 4.78 is 30.7. The highest BCUT2D eigenvalue weighted by Crippen LogP contribution is 1.94. The van der Waals surface area contributed by atoms with E-state index >= 15 is 0 Å². The largest absolute Gasteiger partial charge is 0.509 e. The van der Waals surface area contributed by atoms with E-state index in [0.717, 1.165) is 0 Å². The molecule has 0 rings (SSSR count). The molecule has 0 aromatic carbocycles. The molecule has 0 radical (unpaired) electrons. The van der Waals surface area contributed by atoms with Gasteiger partial charge in [-0.05, 0) is 0 Å². The lowest BCUT2D eigenvalue weighted by atomic mass is 10.7. The van der Waals surface area contributed by atoms with E-state index in [2.05, 4.69) is 9.47 Å². The smallest absolute Gasteiger partial charge is 0.428 e. The lowest BCUT2D eigenvalue weighted by Crippen LogP contribution is -2.12. The van der Waals surface area contributed by atoms with Crippen LogP contribution in [-0.4, -0.2) is 25.8 Å². The standard InChI is InChI=1S/C6H6F2O3/c1-2-3-10-6(9)11-4-5(7)8/h1,5H,3-4H2. The van der Waals surface area contributed by atoms with Crippen LogP contribution < -0.4 is 0 Å². The van der Waals surface area contributed by atoms with Gasteiger partial charge in [0.2, 0.25) is 0 Å². The molecule has 0 aromatic heterocycles. The van der Waals surface area contributed by atoms with Crippen LogP contribution in [0.3, 0.4) is 0 Å². The Bertz CT molecular complexity index is 162. The molecule has 0 spiro atoms. The molecule has 0 amide bonds. The van der Waals surface area contributed by atoms with E-state index in [4.69, 9.17) is 6.42 Å². The Balaban J connectivity index is 3.32. The third kappa shape index (κ3) is 6.58. The monoisotopic (exact) mass is 164 g/mol. The van der Waals surface area contributed by atoms with Gasteiger partial charge in [-0.3, -0.25) is 0 Å².